The molecule has 3 aliphatic rings. The van der Waals surface area contributed by atoms with Gasteiger partial charge in [-0.15, -0.1) is 0 Å². The maximum atomic E-state index is 13.0. The molecule has 1 aromatic carbocycles. The summed E-state index contributed by atoms with van der Waals surface area (Å²) in [5.74, 6) is 2.15. The zero-order chi connectivity index (χ0) is 15.9. The highest BCUT2D eigenvalue weighted by atomic mass is 16.5. The number of ether oxygens (including phenoxy) is 1. The third kappa shape index (κ3) is 2.97. The van der Waals surface area contributed by atoms with E-state index in [4.69, 9.17) is 4.74 Å². The molecular formula is C19H26N2O2. The Balaban J connectivity index is 1.41. The molecular weight excluding hydrogens is 288 g/mol. The summed E-state index contributed by atoms with van der Waals surface area (Å²) in [6.07, 6.45) is 4.85. The molecule has 0 unspecified atom stereocenters. The van der Waals surface area contributed by atoms with Crippen LogP contribution in [0, 0.1) is 11.3 Å². The SMILES string of the molecule is COc1cccc(CN2CC[C@]3(CCN(CC4CC4)C3)C2=O)c1. The average Bonchev–Trinajstić information content (AvgIpc) is 3.22. The zero-order valence-electron chi connectivity index (χ0n) is 14.0. The Morgan fingerprint density at radius 1 is 1.26 bits per heavy atom. The smallest absolute Gasteiger partial charge is 0.230 e. The topological polar surface area (TPSA) is 32.8 Å². The molecule has 1 aromatic rings. The lowest BCUT2D eigenvalue weighted by molar-refractivity contribution is -0.136. The molecule has 4 nitrogen and oxygen atoms in total. The number of hydrogen-bond donors (Lipinski definition) is 0. The Morgan fingerprint density at radius 2 is 2.09 bits per heavy atom. The van der Waals surface area contributed by atoms with Gasteiger partial charge in [0.1, 0.15) is 5.75 Å². The predicted octanol–water partition coefficient (Wildman–Crippen LogP) is 2.53. The minimum atomic E-state index is -0.0895. The number of likely N-dealkylation sites (tertiary alicyclic amines) is 2. The minimum absolute atomic E-state index is 0.0895. The Kier molecular flexibility index (Phi) is 3.80. The molecule has 2 heterocycles. The second kappa shape index (κ2) is 5.82. The molecule has 0 bridgehead atoms. The average molecular weight is 314 g/mol. The molecule has 0 radical (unpaired) electrons. The fraction of sp³-hybridized carbons (Fsp3) is 0.632. The number of nitrogens with zero attached hydrogens (tertiary/aromatic N) is 2. The van der Waals surface area contributed by atoms with Crippen LogP contribution in [-0.2, 0) is 11.3 Å². The van der Waals surface area contributed by atoms with E-state index >= 15 is 0 Å². The van der Waals surface area contributed by atoms with Crippen molar-refractivity contribution in [3.05, 3.63) is 29.8 Å². The van der Waals surface area contributed by atoms with E-state index in [1.807, 2.05) is 18.2 Å². The van der Waals surface area contributed by atoms with Crippen molar-refractivity contribution in [2.75, 3.05) is 33.3 Å². The first-order chi connectivity index (χ1) is 11.2. The minimum Gasteiger partial charge on any atom is -0.497 e. The van der Waals surface area contributed by atoms with Gasteiger partial charge in [0.25, 0.3) is 0 Å². The van der Waals surface area contributed by atoms with Gasteiger partial charge in [-0.1, -0.05) is 12.1 Å². The summed E-state index contributed by atoms with van der Waals surface area (Å²) in [5, 5.41) is 0. The van der Waals surface area contributed by atoms with Gasteiger partial charge in [0.15, 0.2) is 0 Å². The van der Waals surface area contributed by atoms with Gasteiger partial charge < -0.3 is 14.5 Å². The van der Waals surface area contributed by atoms with Crippen molar-refractivity contribution in [2.45, 2.75) is 32.2 Å². The lowest BCUT2D eigenvalue weighted by Crippen LogP contribution is -2.37. The number of methoxy groups -OCH3 is 1. The van der Waals surface area contributed by atoms with Crippen molar-refractivity contribution in [3.8, 4) is 5.75 Å². The number of carbonyl (C=O) groups excluding carboxylic acids is 1. The van der Waals surface area contributed by atoms with Crippen LogP contribution in [0.5, 0.6) is 5.75 Å². The molecule has 1 spiro atoms. The highest BCUT2D eigenvalue weighted by molar-refractivity contribution is 5.85. The molecule has 124 valence electrons. The van der Waals surface area contributed by atoms with E-state index in [0.29, 0.717) is 12.5 Å². The summed E-state index contributed by atoms with van der Waals surface area (Å²) in [6, 6.07) is 8.06. The number of amides is 1. The predicted molar refractivity (Wildman–Crippen MR) is 89.2 cm³/mol. The van der Waals surface area contributed by atoms with Crippen molar-refractivity contribution in [2.24, 2.45) is 11.3 Å². The third-order valence-corrected chi connectivity index (χ3v) is 5.75. The highest BCUT2D eigenvalue weighted by Crippen LogP contribution is 2.42. The molecule has 1 saturated carbocycles. The summed E-state index contributed by atoms with van der Waals surface area (Å²) in [4.78, 5) is 17.6. The van der Waals surface area contributed by atoms with Crippen molar-refractivity contribution < 1.29 is 9.53 Å². The molecule has 23 heavy (non-hydrogen) atoms. The van der Waals surface area contributed by atoms with Crippen molar-refractivity contribution in [3.63, 3.8) is 0 Å². The van der Waals surface area contributed by atoms with Gasteiger partial charge in [-0.05, 0) is 55.8 Å². The highest BCUT2D eigenvalue weighted by Gasteiger charge is 2.50. The molecule has 1 amide bonds. The summed E-state index contributed by atoms with van der Waals surface area (Å²) < 4.78 is 5.29. The second-order valence-electron chi connectivity index (χ2n) is 7.54. The molecule has 2 aliphatic heterocycles. The maximum Gasteiger partial charge on any atom is 0.230 e. The molecule has 1 atom stereocenters. The van der Waals surface area contributed by atoms with Crippen LogP contribution in [0.4, 0.5) is 0 Å². The van der Waals surface area contributed by atoms with Gasteiger partial charge in [0, 0.05) is 26.2 Å². The Hall–Kier alpha value is -1.55. The summed E-state index contributed by atoms with van der Waals surface area (Å²) in [7, 11) is 1.68. The lowest BCUT2D eigenvalue weighted by atomic mass is 9.85. The van der Waals surface area contributed by atoms with E-state index in [9.17, 15) is 4.79 Å². The molecule has 0 N–H and O–H groups in total. The van der Waals surface area contributed by atoms with Crippen molar-refractivity contribution >= 4 is 5.91 Å². The van der Waals surface area contributed by atoms with E-state index in [2.05, 4.69) is 15.9 Å². The van der Waals surface area contributed by atoms with Gasteiger partial charge in [0.2, 0.25) is 5.91 Å². The van der Waals surface area contributed by atoms with E-state index in [0.717, 1.165) is 49.7 Å². The quantitative estimate of drug-likeness (QED) is 0.837. The van der Waals surface area contributed by atoms with E-state index in [-0.39, 0.29) is 5.41 Å². The maximum absolute atomic E-state index is 13.0. The van der Waals surface area contributed by atoms with Crippen LogP contribution in [0.15, 0.2) is 24.3 Å². The second-order valence-corrected chi connectivity index (χ2v) is 7.54. The number of hydrogen-bond acceptors (Lipinski definition) is 3. The van der Waals surface area contributed by atoms with E-state index in [1.165, 1.54) is 19.4 Å². The standard InChI is InChI=1S/C19H26N2O2/c1-23-17-4-2-3-16(11-17)13-21-10-8-19(18(21)22)7-9-20(14-19)12-15-5-6-15/h2-4,11,15H,5-10,12-14H2,1H3/t19-/m0/s1. The first-order valence-electron chi connectivity index (χ1n) is 8.83. The van der Waals surface area contributed by atoms with Crippen LogP contribution in [0.2, 0.25) is 0 Å². The first-order valence-corrected chi connectivity index (χ1v) is 8.83. The van der Waals surface area contributed by atoms with Gasteiger partial charge >= 0.3 is 0 Å². The lowest BCUT2D eigenvalue weighted by Gasteiger charge is -2.24. The van der Waals surface area contributed by atoms with Gasteiger partial charge in [-0.2, -0.15) is 0 Å². The Bertz CT molecular complexity index is 599. The van der Waals surface area contributed by atoms with Crippen LogP contribution in [-0.4, -0.2) is 49.0 Å². The fourth-order valence-corrected chi connectivity index (χ4v) is 4.19. The van der Waals surface area contributed by atoms with Crippen LogP contribution in [0.25, 0.3) is 0 Å². The fourth-order valence-electron chi connectivity index (χ4n) is 4.19. The number of rotatable bonds is 5. The van der Waals surface area contributed by atoms with Gasteiger partial charge in [0.05, 0.1) is 12.5 Å². The van der Waals surface area contributed by atoms with Crippen LogP contribution >= 0.6 is 0 Å². The zero-order valence-corrected chi connectivity index (χ0v) is 14.0. The summed E-state index contributed by atoms with van der Waals surface area (Å²) in [6.45, 7) is 4.91. The summed E-state index contributed by atoms with van der Waals surface area (Å²) >= 11 is 0. The largest absolute Gasteiger partial charge is 0.497 e. The molecule has 4 rings (SSSR count). The number of carbonyl (C=O) groups is 1. The van der Waals surface area contributed by atoms with Crippen molar-refractivity contribution in [1.29, 1.82) is 0 Å². The molecule has 1 aliphatic carbocycles. The van der Waals surface area contributed by atoms with Crippen LogP contribution < -0.4 is 4.74 Å². The molecule has 3 fully saturated rings. The Morgan fingerprint density at radius 3 is 2.87 bits per heavy atom. The normalized spacial score (nSPS) is 28.0. The van der Waals surface area contributed by atoms with E-state index in [1.54, 1.807) is 7.11 Å². The first kappa shape index (κ1) is 15.0. The van der Waals surface area contributed by atoms with E-state index < -0.39 is 0 Å². The number of benzene rings is 1. The third-order valence-electron chi connectivity index (χ3n) is 5.75. The van der Waals surface area contributed by atoms with Gasteiger partial charge in [-0.3, -0.25) is 4.79 Å². The van der Waals surface area contributed by atoms with Gasteiger partial charge in [-0.25, -0.2) is 0 Å². The van der Waals surface area contributed by atoms with Crippen molar-refractivity contribution in [1.82, 2.24) is 9.80 Å². The Labute approximate surface area is 138 Å². The van der Waals surface area contributed by atoms with Crippen LogP contribution in [0.3, 0.4) is 0 Å². The van der Waals surface area contributed by atoms with Crippen LogP contribution in [0.1, 0.15) is 31.2 Å². The molecule has 0 aromatic heterocycles. The molecule has 4 heteroatoms. The monoisotopic (exact) mass is 314 g/mol. The molecule has 2 saturated heterocycles. The summed E-state index contributed by atoms with van der Waals surface area (Å²) in [5.41, 5.74) is 1.07.